The van der Waals surface area contributed by atoms with Crippen LogP contribution in [-0.4, -0.2) is 10.1 Å². The van der Waals surface area contributed by atoms with E-state index in [1.165, 1.54) is 43.9 Å². The number of rotatable bonds is 1. The van der Waals surface area contributed by atoms with Crippen LogP contribution in [-0.2, 0) is 0 Å². The fourth-order valence-corrected chi connectivity index (χ4v) is 2.35. The molecule has 2 rings (SSSR count). The first-order valence-electron chi connectivity index (χ1n) is 5.42. The summed E-state index contributed by atoms with van der Waals surface area (Å²) in [7, 11) is 0. The Labute approximate surface area is 85.0 Å². The van der Waals surface area contributed by atoms with Crippen LogP contribution in [0.2, 0.25) is 0 Å². The van der Waals surface area contributed by atoms with Crippen molar-refractivity contribution in [2.24, 2.45) is 0 Å². The van der Waals surface area contributed by atoms with E-state index in [1.807, 2.05) is 13.1 Å². The lowest BCUT2D eigenvalue weighted by atomic mass is 9.83. The molecule has 14 heavy (non-hydrogen) atoms. The van der Waals surface area contributed by atoms with Crippen LogP contribution in [0.1, 0.15) is 49.1 Å². The highest BCUT2D eigenvalue weighted by molar-refractivity contribution is 5.36. The van der Waals surface area contributed by atoms with Gasteiger partial charge >= 0.3 is 0 Å². The molecule has 0 amide bonds. The van der Waals surface area contributed by atoms with E-state index in [0.717, 1.165) is 5.56 Å². The number of aromatic hydroxyl groups is 1. The molecule has 0 aromatic carbocycles. The molecule has 1 saturated carbocycles. The third kappa shape index (κ3) is 1.74. The number of aromatic nitrogens is 1. The van der Waals surface area contributed by atoms with E-state index in [-0.39, 0.29) is 0 Å². The normalized spacial score (nSPS) is 18.4. The standard InChI is InChI=1S/C12H17NO/c1-9-11(7-13-8-12(9)14)10-5-3-2-4-6-10/h7-8,10,14H,2-6H2,1H3. The summed E-state index contributed by atoms with van der Waals surface area (Å²) in [6, 6.07) is 0. The van der Waals surface area contributed by atoms with Crippen molar-refractivity contribution in [3.05, 3.63) is 23.5 Å². The maximum absolute atomic E-state index is 9.57. The van der Waals surface area contributed by atoms with Gasteiger partial charge in [0, 0.05) is 6.20 Å². The van der Waals surface area contributed by atoms with E-state index in [2.05, 4.69) is 4.98 Å². The minimum Gasteiger partial charge on any atom is -0.506 e. The molecule has 0 bridgehead atoms. The van der Waals surface area contributed by atoms with Crippen LogP contribution in [0.15, 0.2) is 12.4 Å². The second-order valence-corrected chi connectivity index (χ2v) is 4.21. The Bertz CT molecular complexity index is 316. The van der Waals surface area contributed by atoms with Crippen LogP contribution < -0.4 is 0 Å². The maximum atomic E-state index is 9.57. The molecule has 0 aliphatic heterocycles. The molecule has 0 saturated heterocycles. The summed E-state index contributed by atoms with van der Waals surface area (Å²) in [5.74, 6) is 0.969. The van der Waals surface area contributed by atoms with Crippen molar-refractivity contribution in [3.8, 4) is 5.75 Å². The Morgan fingerprint density at radius 2 is 1.93 bits per heavy atom. The molecule has 1 aromatic heterocycles. The van der Waals surface area contributed by atoms with Gasteiger partial charge in [-0.05, 0) is 36.8 Å². The van der Waals surface area contributed by atoms with Gasteiger partial charge in [-0.2, -0.15) is 0 Å². The molecule has 0 atom stereocenters. The fraction of sp³-hybridized carbons (Fsp3) is 0.583. The van der Waals surface area contributed by atoms with Crippen LogP contribution in [0.5, 0.6) is 5.75 Å². The van der Waals surface area contributed by atoms with E-state index < -0.39 is 0 Å². The van der Waals surface area contributed by atoms with Crippen molar-refractivity contribution >= 4 is 0 Å². The molecule has 2 nitrogen and oxygen atoms in total. The van der Waals surface area contributed by atoms with Gasteiger partial charge in [-0.1, -0.05) is 19.3 Å². The lowest BCUT2D eigenvalue weighted by Crippen LogP contribution is -2.06. The first kappa shape index (κ1) is 9.50. The first-order valence-corrected chi connectivity index (χ1v) is 5.42. The zero-order valence-corrected chi connectivity index (χ0v) is 8.66. The van der Waals surface area contributed by atoms with Crippen LogP contribution in [0.3, 0.4) is 0 Å². The van der Waals surface area contributed by atoms with E-state index >= 15 is 0 Å². The molecular weight excluding hydrogens is 174 g/mol. The Balaban J connectivity index is 2.26. The molecule has 0 radical (unpaired) electrons. The molecule has 76 valence electrons. The van der Waals surface area contributed by atoms with Crippen molar-refractivity contribution in [2.75, 3.05) is 0 Å². The molecule has 1 fully saturated rings. The molecule has 2 heteroatoms. The molecule has 1 heterocycles. The van der Waals surface area contributed by atoms with Gasteiger partial charge in [-0.3, -0.25) is 4.98 Å². The number of pyridine rings is 1. The lowest BCUT2D eigenvalue weighted by molar-refractivity contribution is 0.433. The first-order chi connectivity index (χ1) is 6.79. The predicted molar refractivity (Wildman–Crippen MR) is 56.5 cm³/mol. The van der Waals surface area contributed by atoms with Gasteiger partial charge in [0.2, 0.25) is 0 Å². The largest absolute Gasteiger partial charge is 0.506 e. The Hall–Kier alpha value is -1.05. The highest BCUT2D eigenvalue weighted by Crippen LogP contribution is 2.35. The highest BCUT2D eigenvalue weighted by Gasteiger charge is 2.18. The van der Waals surface area contributed by atoms with Crippen LogP contribution >= 0.6 is 0 Å². The van der Waals surface area contributed by atoms with Gasteiger partial charge in [-0.15, -0.1) is 0 Å². The van der Waals surface area contributed by atoms with E-state index in [1.54, 1.807) is 0 Å². The zero-order chi connectivity index (χ0) is 9.97. The van der Waals surface area contributed by atoms with Crippen LogP contribution in [0, 0.1) is 6.92 Å². The summed E-state index contributed by atoms with van der Waals surface area (Å²) in [4.78, 5) is 4.07. The van der Waals surface area contributed by atoms with E-state index in [0.29, 0.717) is 11.7 Å². The van der Waals surface area contributed by atoms with Gasteiger partial charge in [0.25, 0.3) is 0 Å². The third-order valence-corrected chi connectivity index (χ3v) is 3.27. The summed E-state index contributed by atoms with van der Waals surface area (Å²) in [6.07, 6.45) is 9.96. The van der Waals surface area contributed by atoms with Gasteiger partial charge in [0.1, 0.15) is 5.75 Å². The van der Waals surface area contributed by atoms with E-state index in [9.17, 15) is 5.11 Å². The smallest absolute Gasteiger partial charge is 0.137 e. The molecule has 1 aliphatic carbocycles. The maximum Gasteiger partial charge on any atom is 0.137 e. The van der Waals surface area contributed by atoms with E-state index in [4.69, 9.17) is 0 Å². The second kappa shape index (κ2) is 3.99. The fourth-order valence-electron chi connectivity index (χ4n) is 2.35. The molecule has 1 aromatic rings. The van der Waals surface area contributed by atoms with Gasteiger partial charge < -0.3 is 5.11 Å². The summed E-state index contributed by atoms with van der Waals surface area (Å²) >= 11 is 0. The topological polar surface area (TPSA) is 33.1 Å². The second-order valence-electron chi connectivity index (χ2n) is 4.21. The average Bonchev–Trinajstić information content (AvgIpc) is 2.23. The van der Waals surface area contributed by atoms with Crippen LogP contribution in [0.4, 0.5) is 0 Å². The minimum absolute atomic E-state index is 0.341. The monoisotopic (exact) mass is 191 g/mol. The molecule has 0 unspecified atom stereocenters. The molecule has 0 spiro atoms. The van der Waals surface area contributed by atoms with Crippen molar-refractivity contribution in [2.45, 2.75) is 44.9 Å². The Morgan fingerprint density at radius 1 is 1.21 bits per heavy atom. The highest BCUT2D eigenvalue weighted by atomic mass is 16.3. The zero-order valence-electron chi connectivity index (χ0n) is 8.66. The summed E-state index contributed by atoms with van der Waals surface area (Å²) < 4.78 is 0. The quantitative estimate of drug-likeness (QED) is 0.739. The third-order valence-electron chi connectivity index (χ3n) is 3.27. The summed E-state index contributed by atoms with van der Waals surface area (Å²) in [5.41, 5.74) is 2.27. The van der Waals surface area contributed by atoms with Gasteiger partial charge in [0.15, 0.2) is 0 Å². The molecule has 1 N–H and O–H groups in total. The predicted octanol–water partition coefficient (Wildman–Crippen LogP) is 3.14. The number of hydrogen-bond donors (Lipinski definition) is 1. The van der Waals surface area contributed by atoms with Crippen molar-refractivity contribution in [1.29, 1.82) is 0 Å². The van der Waals surface area contributed by atoms with Gasteiger partial charge in [0.05, 0.1) is 6.20 Å². The molecule has 1 aliphatic rings. The lowest BCUT2D eigenvalue weighted by Gasteiger charge is -2.23. The van der Waals surface area contributed by atoms with Crippen molar-refractivity contribution < 1.29 is 5.11 Å². The minimum atomic E-state index is 0.341. The van der Waals surface area contributed by atoms with Crippen molar-refractivity contribution in [1.82, 2.24) is 4.98 Å². The SMILES string of the molecule is Cc1c(O)cncc1C1CCCCC1. The Morgan fingerprint density at radius 3 is 2.64 bits per heavy atom. The number of hydrogen-bond acceptors (Lipinski definition) is 2. The Kier molecular flexibility index (Phi) is 2.71. The van der Waals surface area contributed by atoms with Crippen LogP contribution in [0.25, 0.3) is 0 Å². The average molecular weight is 191 g/mol. The number of nitrogens with zero attached hydrogens (tertiary/aromatic N) is 1. The van der Waals surface area contributed by atoms with Crippen molar-refractivity contribution in [3.63, 3.8) is 0 Å². The van der Waals surface area contributed by atoms with Gasteiger partial charge in [-0.25, -0.2) is 0 Å². The molecular formula is C12H17NO. The summed E-state index contributed by atoms with van der Waals surface area (Å²) in [5, 5.41) is 9.57. The summed E-state index contributed by atoms with van der Waals surface area (Å²) in [6.45, 7) is 1.99.